The molecule has 3 nitrogen and oxygen atoms in total. The van der Waals surface area contributed by atoms with Gasteiger partial charge in [0.25, 0.3) is 0 Å². The van der Waals surface area contributed by atoms with Crippen LogP contribution < -0.4 is 5.32 Å². The average molecular weight is 145 g/mol. The molecule has 0 aromatic heterocycles. The van der Waals surface area contributed by atoms with Crippen LogP contribution in [0.25, 0.3) is 0 Å². The largest absolute Gasteiger partial charge is 0.466 e. The van der Waals surface area contributed by atoms with E-state index < -0.39 is 7.12 Å². The lowest BCUT2D eigenvalue weighted by Crippen LogP contribution is -2.35. The second-order valence-corrected chi connectivity index (χ2v) is 3.67. The van der Waals surface area contributed by atoms with E-state index in [4.69, 9.17) is 10.0 Å². The molecule has 0 heterocycles. The smallest absolute Gasteiger partial charge is 0.426 e. The molecule has 10 heavy (non-hydrogen) atoms. The minimum atomic E-state index is -1.23. The van der Waals surface area contributed by atoms with E-state index in [1.165, 1.54) is 0 Å². The highest BCUT2D eigenvalue weighted by Crippen LogP contribution is 2.09. The Morgan fingerprint density at radius 3 is 2.10 bits per heavy atom. The predicted octanol–water partition coefficient (Wildman–Crippen LogP) is -0.366. The van der Waals surface area contributed by atoms with E-state index in [0.29, 0.717) is 0 Å². The van der Waals surface area contributed by atoms with Gasteiger partial charge >= 0.3 is 7.12 Å². The van der Waals surface area contributed by atoms with Crippen LogP contribution in [-0.2, 0) is 0 Å². The quantitative estimate of drug-likeness (QED) is 0.475. The van der Waals surface area contributed by atoms with Gasteiger partial charge in [0.15, 0.2) is 0 Å². The Morgan fingerprint density at radius 2 is 1.80 bits per heavy atom. The first-order valence-electron chi connectivity index (χ1n) is 3.49. The van der Waals surface area contributed by atoms with E-state index in [1.54, 1.807) is 0 Å². The molecular formula is C6H16BNO2. The first-order valence-corrected chi connectivity index (χ1v) is 3.49. The van der Waals surface area contributed by atoms with Crippen molar-refractivity contribution in [3.8, 4) is 0 Å². The molecule has 0 aliphatic rings. The van der Waals surface area contributed by atoms with Crippen molar-refractivity contribution in [1.82, 2.24) is 5.32 Å². The molecule has 0 radical (unpaired) electrons. The van der Waals surface area contributed by atoms with Crippen LogP contribution in [0, 0.1) is 5.41 Å². The van der Waals surface area contributed by atoms with Crippen molar-refractivity contribution in [2.24, 2.45) is 5.41 Å². The standard InChI is InChI=1S/C6H16BNO2/c1-6(2,3)4-8-5-7(9)10/h8-10H,4-5H2,1-3H3. The highest BCUT2D eigenvalue weighted by molar-refractivity contribution is 6.41. The lowest BCUT2D eigenvalue weighted by molar-refractivity contribution is 0.364. The molecule has 0 fully saturated rings. The van der Waals surface area contributed by atoms with Crippen molar-refractivity contribution >= 4 is 7.12 Å². The first kappa shape index (κ1) is 9.94. The molecule has 0 aromatic rings. The Labute approximate surface area is 62.6 Å². The number of hydrogen-bond acceptors (Lipinski definition) is 3. The summed E-state index contributed by atoms with van der Waals surface area (Å²) in [4.78, 5) is 0. The van der Waals surface area contributed by atoms with Crippen LogP contribution >= 0.6 is 0 Å². The fraction of sp³-hybridized carbons (Fsp3) is 1.00. The monoisotopic (exact) mass is 145 g/mol. The second kappa shape index (κ2) is 3.96. The third-order valence-corrected chi connectivity index (χ3v) is 0.982. The predicted molar refractivity (Wildman–Crippen MR) is 42.5 cm³/mol. The molecule has 60 valence electrons. The van der Waals surface area contributed by atoms with Crippen molar-refractivity contribution in [3.63, 3.8) is 0 Å². The molecule has 0 unspecified atom stereocenters. The maximum atomic E-state index is 8.44. The van der Waals surface area contributed by atoms with Gasteiger partial charge in [-0.2, -0.15) is 0 Å². The van der Waals surface area contributed by atoms with Gasteiger partial charge in [-0.3, -0.25) is 0 Å². The summed E-state index contributed by atoms with van der Waals surface area (Å²) in [6.07, 6.45) is 0.247. The zero-order valence-electron chi connectivity index (χ0n) is 6.89. The number of nitrogens with one attached hydrogen (secondary N) is 1. The fourth-order valence-corrected chi connectivity index (χ4v) is 0.576. The molecule has 0 saturated heterocycles. The summed E-state index contributed by atoms with van der Waals surface area (Å²) >= 11 is 0. The summed E-state index contributed by atoms with van der Waals surface area (Å²) in [6, 6.07) is 0. The van der Waals surface area contributed by atoms with E-state index in [0.717, 1.165) is 6.54 Å². The van der Waals surface area contributed by atoms with Gasteiger partial charge in [-0.05, 0) is 12.0 Å². The normalized spacial score (nSPS) is 11.7. The zero-order valence-corrected chi connectivity index (χ0v) is 6.89. The van der Waals surface area contributed by atoms with Gasteiger partial charge in [0.05, 0.1) is 0 Å². The van der Waals surface area contributed by atoms with Crippen LogP contribution in [-0.4, -0.2) is 30.2 Å². The molecule has 0 atom stereocenters. The van der Waals surface area contributed by atoms with Gasteiger partial charge in [-0.15, -0.1) is 0 Å². The summed E-state index contributed by atoms with van der Waals surface area (Å²) in [5.74, 6) is 0. The highest BCUT2D eigenvalue weighted by Gasteiger charge is 2.11. The van der Waals surface area contributed by atoms with Crippen LogP contribution in [0.15, 0.2) is 0 Å². The fourth-order valence-electron chi connectivity index (χ4n) is 0.576. The second-order valence-electron chi connectivity index (χ2n) is 3.67. The van der Waals surface area contributed by atoms with Gasteiger partial charge in [0.2, 0.25) is 0 Å². The highest BCUT2D eigenvalue weighted by atomic mass is 16.4. The lowest BCUT2D eigenvalue weighted by atomic mass is 9.90. The maximum absolute atomic E-state index is 8.44. The Balaban J connectivity index is 3.21. The topological polar surface area (TPSA) is 52.5 Å². The number of hydrogen-bond donors (Lipinski definition) is 3. The van der Waals surface area contributed by atoms with Gasteiger partial charge in [0.1, 0.15) is 0 Å². The van der Waals surface area contributed by atoms with Crippen molar-refractivity contribution in [2.45, 2.75) is 20.8 Å². The van der Waals surface area contributed by atoms with Crippen molar-refractivity contribution < 1.29 is 10.0 Å². The van der Waals surface area contributed by atoms with Gasteiger partial charge < -0.3 is 15.4 Å². The molecule has 0 spiro atoms. The van der Waals surface area contributed by atoms with E-state index in [2.05, 4.69) is 26.1 Å². The summed E-state index contributed by atoms with van der Waals surface area (Å²) in [5, 5.41) is 19.8. The molecule has 3 N–H and O–H groups in total. The third-order valence-electron chi connectivity index (χ3n) is 0.982. The molecule has 0 amide bonds. The van der Waals surface area contributed by atoms with Crippen molar-refractivity contribution in [1.29, 1.82) is 0 Å². The Bertz CT molecular complexity index is 90.2. The Hall–Kier alpha value is -0.0551. The third kappa shape index (κ3) is 7.94. The Morgan fingerprint density at radius 1 is 1.30 bits per heavy atom. The Kier molecular flexibility index (Phi) is 3.94. The van der Waals surface area contributed by atoms with E-state index >= 15 is 0 Å². The summed E-state index contributed by atoms with van der Waals surface area (Å²) in [6.45, 7) is 7.06. The molecular weight excluding hydrogens is 129 g/mol. The van der Waals surface area contributed by atoms with Crippen LogP contribution in [0.2, 0.25) is 0 Å². The van der Waals surface area contributed by atoms with Crippen molar-refractivity contribution in [2.75, 3.05) is 13.0 Å². The summed E-state index contributed by atoms with van der Waals surface area (Å²) < 4.78 is 0. The minimum Gasteiger partial charge on any atom is -0.426 e. The van der Waals surface area contributed by atoms with Crippen LogP contribution in [0.5, 0.6) is 0 Å². The molecule has 0 aromatic carbocycles. The van der Waals surface area contributed by atoms with Crippen LogP contribution in [0.4, 0.5) is 0 Å². The van der Waals surface area contributed by atoms with E-state index in [1.807, 2.05) is 0 Å². The van der Waals surface area contributed by atoms with Gasteiger partial charge in [-0.25, -0.2) is 0 Å². The van der Waals surface area contributed by atoms with Crippen LogP contribution in [0.1, 0.15) is 20.8 Å². The van der Waals surface area contributed by atoms with Crippen molar-refractivity contribution in [3.05, 3.63) is 0 Å². The zero-order chi connectivity index (χ0) is 8.20. The van der Waals surface area contributed by atoms with E-state index in [9.17, 15) is 0 Å². The number of rotatable bonds is 3. The molecule has 0 bridgehead atoms. The van der Waals surface area contributed by atoms with Gasteiger partial charge in [0, 0.05) is 6.44 Å². The molecule has 4 heteroatoms. The molecule has 0 aliphatic heterocycles. The maximum Gasteiger partial charge on any atom is 0.466 e. The summed E-state index contributed by atoms with van der Waals surface area (Å²) in [5.41, 5.74) is 0.203. The molecule has 0 aliphatic carbocycles. The molecule has 0 rings (SSSR count). The SMILES string of the molecule is CC(C)(C)CNCB(O)O. The minimum absolute atomic E-state index is 0.203. The van der Waals surface area contributed by atoms with Gasteiger partial charge in [-0.1, -0.05) is 20.8 Å². The van der Waals surface area contributed by atoms with Crippen LogP contribution in [0.3, 0.4) is 0 Å². The lowest BCUT2D eigenvalue weighted by Gasteiger charge is -2.18. The average Bonchev–Trinajstić information content (AvgIpc) is 1.59. The first-order chi connectivity index (χ1) is 4.42. The molecule has 0 saturated carbocycles. The van der Waals surface area contributed by atoms with E-state index in [-0.39, 0.29) is 11.9 Å². The summed E-state index contributed by atoms with van der Waals surface area (Å²) in [7, 11) is -1.23.